The fourth-order valence-electron chi connectivity index (χ4n) is 4.24. The highest BCUT2D eigenvalue weighted by atomic mass is 32.1. The fourth-order valence-corrected chi connectivity index (χ4v) is 5.05. The van der Waals surface area contributed by atoms with Crippen molar-refractivity contribution in [3.05, 3.63) is 63.5 Å². The molecule has 0 radical (unpaired) electrons. The third kappa shape index (κ3) is 4.81. The summed E-state index contributed by atoms with van der Waals surface area (Å²) in [5, 5.41) is 5.02. The summed E-state index contributed by atoms with van der Waals surface area (Å²) in [6, 6.07) is 11.4. The van der Waals surface area contributed by atoms with Crippen molar-refractivity contribution >= 4 is 17.2 Å². The van der Waals surface area contributed by atoms with E-state index in [1.165, 1.54) is 30.6 Å². The van der Waals surface area contributed by atoms with Gasteiger partial charge in [0, 0.05) is 20.1 Å². The summed E-state index contributed by atoms with van der Waals surface area (Å²) in [5.41, 5.74) is 1.80. The van der Waals surface area contributed by atoms with Crippen LogP contribution in [-0.2, 0) is 13.6 Å². The van der Waals surface area contributed by atoms with Crippen molar-refractivity contribution in [2.24, 2.45) is 7.05 Å². The molecule has 1 amide bonds. The first-order chi connectivity index (χ1) is 15.6. The van der Waals surface area contributed by atoms with Crippen LogP contribution in [0.4, 0.5) is 0 Å². The van der Waals surface area contributed by atoms with E-state index in [2.05, 4.69) is 10.2 Å². The van der Waals surface area contributed by atoms with E-state index in [4.69, 9.17) is 4.74 Å². The highest BCUT2D eigenvalue weighted by Crippen LogP contribution is 2.28. The number of benzene rings is 1. The van der Waals surface area contributed by atoms with Gasteiger partial charge in [-0.25, -0.2) is 4.79 Å². The summed E-state index contributed by atoms with van der Waals surface area (Å²) in [6.45, 7) is 3.88. The number of ether oxygens (including phenoxy) is 1. The Balaban J connectivity index is 1.62. The predicted octanol–water partition coefficient (Wildman–Crippen LogP) is 3.19. The molecule has 0 atom stereocenters. The number of rotatable bonds is 8. The van der Waals surface area contributed by atoms with Crippen LogP contribution in [0, 0.1) is 0 Å². The quantitative estimate of drug-likeness (QED) is 0.568. The van der Waals surface area contributed by atoms with Crippen LogP contribution in [0.5, 0.6) is 5.75 Å². The summed E-state index contributed by atoms with van der Waals surface area (Å²) in [4.78, 5) is 29.8. The van der Waals surface area contributed by atoms with Crippen LogP contribution in [0.15, 0.2) is 46.6 Å². The number of nitrogens with one attached hydrogen (secondary N) is 1. The van der Waals surface area contributed by atoms with Gasteiger partial charge in [0.1, 0.15) is 11.4 Å². The predicted molar refractivity (Wildman–Crippen MR) is 128 cm³/mol. The van der Waals surface area contributed by atoms with Gasteiger partial charge in [-0.3, -0.25) is 13.9 Å². The second kappa shape index (κ2) is 10.2. The van der Waals surface area contributed by atoms with Crippen LogP contribution >= 0.6 is 11.3 Å². The molecule has 2 aromatic heterocycles. The van der Waals surface area contributed by atoms with E-state index in [1.807, 2.05) is 41.8 Å². The lowest BCUT2D eigenvalue weighted by molar-refractivity contribution is 0.0938. The zero-order valence-electron chi connectivity index (χ0n) is 18.7. The van der Waals surface area contributed by atoms with Crippen molar-refractivity contribution in [1.29, 1.82) is 0 Å². The molecular formula is C24H30N4O3S. The standard InChI is InChI=1S/C24H30N4O3S/c1-26-21(20-7-6-16-32-20)22(23(29)25-12-15-27-13-4-3-5-14-27)28(24(26)30)17-18-8-10-19(31-2)11-9-18/h6-11,16H,3-5,12-15,17H2,1-2H3,(H,25,29). The number of amides is 1. The third-order valence-electron chi connectivity index (χ3n) is 5.98. The maximum atomic E-state index is 13.4. The molecule has 0 bridgehead atoms. The second-order valence-corrected chi connectivity index (χ2v) is 9.06. The average molecular weight is 455 g/mol. The Morgan fingerprint density at radius 1 is 1.12 bits per heavy atom. The lowest BCUT2D eigenvalue weighted by atomic mass is 10.1. The number of hydrogen-bond donors (Lipinski definition) is 1. The lowest BCUT2D eigenvalue weighted by Crippen LogP contribution is -2.38. The summed E-state index contributed by atoms with van der Waals surface area (Å²) in [7, 11) is 3.35. The Morgan fingerprint density at radius 3 is 2.53 bits per heavy atom. The maximum absolute atomic E-state index is 13.4. The molecular weight excluding hydrogens is 424 g/mol. The molecule has 1 N–H and O–H groups in total. The third-order valence-corrected chi connectivity index (χ3v) is 6.86. The van der Waals surface area contributed by atoms with Crippen LogP contribution in [0.2, 0.25) is 0 Å². The molecule has 0 saturated carbocycles. The van der Waals surface area contributed by atoms with Crippen molar-refractivity contribution in [2.75, 3.05) is 33.3 Å². The molecule has 3 aromatic rings. The number of thiophene rings is 1. The number of nitrogens with zero attached hydrogens (tertiary/aromatic N) is 3. The van der Waals surface area contributed by atoms with Crippen LogP contribution in [0.25, 0.3) is 10.6 Å². The van der Waals surface area contributed by atoms with Gasteiger partial charge in [0.15, 0.2) is 0 Å². The largest absolute Gasteiger partial charge is 0.497 e. The number of carbonyl (C=O) groups is 1. The van der Waals surface area contributed by atoms with Crippen molar-refractivity contribution in [3.63, 3.8) is 0 Å². The van der Waals surface area contributed by atoms with E-state index >= 15 is 0 Å². The summed E-state index contributed by atoms with van der Waals surface area (Å²) >= 11 is 1.52. The first kappa shape index (κ1) is 22.4. The Hall–Kier alpha value is -2.84. The Bertz CT molecular complexity index is 1090. The minimum absolute atomic E-state index is 0.203. The zero-order chi connectivity index (χ0) is 22.5. The molecule has 1 saturated heterocycles. The molecule has 7 nitrogen and oxygen atoms in total. The molecule has 1 aliphatic rings. The van der Waals surface area contributed by atoms with E-state index in [-0.39, 0.29) is 11.6 Å². The van der Waals surface area contributed by atoms with Gasteiger partial charge in [-0.1, -0.05) is 24.6 Å². The smallest absolute Gasteiger partial charge is 0.329 e. The van der Waals surface area contributed by atoms with Crippen LogP contribution < -0.4 is 15.7 Å². The number of imidazole rings is 1. The topological polar surface area (TPSA) is 68.5 Å². The number of aromatic nitrogens is 2. The number of hydrogen-bond acceptors (Lipinski definition) is 5. The van der Waals surface area contributed by atoms with Gasteiger partial charge in [-0.2, -0.15) is 0 Å². The molecule has 32 heavy (non-hydrogen) atoms. The average Bonchev–Trinajstić information content (AvgIpc) is 3.43. The molecule has 4 rings (SSSR count). The highest BCUT2D eigenvalue weighted by Gasteiger charge is 2.25. The van der Waals surface area contributed by atoms with Gasteiger partial charge in [0.05, 0.1) is 24.2 Å². The SMILES string of the molecule is COc1ccc(Cn2c(C(=O)NCCN3CCCCC3)c(-c3cccs3)n(C)c2=O)cc1. The van der Waals surface area contributed by atoms with Gasteiger partial charge in [-0.15, -0.1) is 11.3 Å². The van der Waals surface area contributed by atoms with Gasteiger partial charge >= 0.3 is 5.69 Å². The molecule has 170 valence electrons. The summed E-state index contributed by atoms with van der Waals surface area (Å²) in [5.74, 6) is 0.542. The molecule has 8 heteroatoms. The Kier molecular flexibility index (Phi) is 7.12. The van der Waals surface area contributed by atoms with Crippen LogP contribution in [0.3, 0.4) is 0 Å². The van der Waals surface area contributed by atoms with Gasteiger partial charge < -0.3 is 15.0 Å². The number of carbonyl (C=O) groups excluding carboxylic acids is 1. The van der Waals surface area contributed by atoms with E-state index in [0.717, 1.165) is 35.8 Å². The maximum Gasteiger partial charge on any atom is 0.329 e. The Labute approximate surface area is 192 Å². The number of likely N-dealkylation sites (tertiary alicyclic amines) is 1. The van der Waals surface area contributed by atoms with Gasteiger partial charge in [0.25, 0.3) is 5.91 Å². The molecule has 0 spiro atoms. The highest BCUT2D eigenvalue weighted by molar-refractivity contribution is 7.13. The molecule has 1 aliphatic heterocycles. The zero-order valence-corrected chi connectivity index (χ0v) is 19.5. The van der Waals surface area contributed by atoms with Crippen LogP contribution in [0.1, 0.15) is 35.3 Å². The van der Waals surface area contributed by atoms with Crippen molar-refractivity contribution in [2.45, 2.75) is 25.8 Å². The molecule has 3 heterocycles. The van der Waals surface area contributed by atoms with E-state index in [0.29, 0.717) is 24.5 Å². The van der Waals surface area contributed by atoms with E-state index < -0.39 is 0 Å². The van der Waals surface area contributed by atoms with E-state index in [1.54, 1.807) is 23.3 Å². The number of methoxy groups -OCH3 is 1. The van der Waals surface area contributed by atoms with Crippen LogP contribution in [-0.4, -0.2) is 53.2 Å². The van der Waals surface area contributed by atoms with Gasteiger partial charge in [-0.05, 0) is 55.1 Å². The lowest BCUT2D eigenvalue weighted by Gasteiger charge is -2.26. The first-order valence-corrected chi connectivity index (χ1v) is 11.9. The normalized spacial score (nSPS) is 14.4. The minimum Gasteiger partial charge on any atom is -0.497 e. The summed E-state index contributed by atoms with van der Waals surface area (Å²) < 4.78 is 8.39. The molecule has 1 aromatic carbocycles. The minimum atomic E-state index is -0.211. The van der Waals surface area contributed by atoms with E-state index in [9.17, 15) is 9.59 Å². The van der Waals surface area contributed by atoms with Crippen molar-refractivity contribution in [3.8, 4) is 16.3 Å². The first-order valence-electron chi connectivity index (χ1n) is 11.1. The number of piperidine rings is 1. The molecule has 0 aliphatic carbocycles. The molecule has 1 fully saturated rings. The van der Waals surface area contributed by atoms with Gasteiger partial charge in [0.2, 0.25) is 0 Å². The van der Waals surface area contributed by atoms with Crippen molar-refractivity contribution < 1.29 is 9.53 Å². The van der Waals surface area contributed by atoms with Crippen molar-refractivity contribution in [1.82, 2.24) is 19.4 Å². The fraction of sp³-hybridized carbons (Fsp3) is 0.417. The summed E-state index contributed by atoms with van der Waals surface area (Å²) in [6.07, 6.45) is 3.72. The molecule has 0 unspecified atom stereocenters. The monoisotopic (exact) mass is 454 g/mol. The Morgan fingerprint density at radius 2 is 1.88 bits per heavy atom. The second-order valence-electron chi connectivity index (χ2n) is 8.11.